The quantitative estimate of drug-likeness (QED) is 0.727. The number of H-pyrrole nitrogens is 1. The number of hydrogen-bond donors (Lipinski definition) is 1. The highest BCUT2D eigenvalue weighted by Crippen LogP contribution is 2.24. The van der Waals surface area contributed by atoms with Crippen molar-refractivity contribution < 1.29 is 13.9 Å². The summed E-state index contributed by atoms with van der Waals surface area (Å²) in [5.41, 5.74) is 1.94. The number of esters is 1. The lowest BCUT2D eigenvalue weighted by atomic mass is 10.1. The Morgan fingerprint density at radius 2 is 2.00 bits per heavy atom. The first-order valence-corrected chi connectivity index (χ1v) is 7.92. The predicted molar refractivity (Wildman–Crippen MR) is 90.0 cm³/mol. The van der Waals surface area contributed by atoms with E-state index in [0.717, 1.165) is 18.4 Å². The molecule has 0 unspecified atom stereocenters. The third-order valence-corrected chi connectivity index (χ3v) is 3.69. The van der Waals surface area contributed by atoms with E-state index in [0.29, 0.717) is 5.76 Å². The van der Waals surface area contributed by atoms with Crippen LogP contribution in [0.25, 0.3) is 22.4 Å². The van der Waals surface area contributed by atoms with Gasteiger partial charge in [-0.05, 0) is 18.9 Å². The molecule has 24 heavy (non-hydrogen) atoms. The van der Waals surface area contributed by atoms with E-state index >= 15 is 0 Å². The van der Waals surface area contributed by atoms with Crippen LogP contribution in [0.15, 0.2) is 39.5 Å². The van der Waals surface area contributed by atoms with Gasteiger partial charge in [0.05, 0.1) is 6.61 Å². The molecule has 2 heterocycles. The van der Waals surface area contributed by atoms with Gasteiger partial charge in [0, 0.05) is 11.6 Å². The fraction of sp³-hybridized carbons (Fsp3) is 0.278. The van der Waals surface area contributed by atoms with E-state index in [1.54, 1.807) is 6.92 Å². The summed E-state index contributed by atoms with van der Waals surface area (Å²) in [6, 6.07) is 9.20. The largest absolute Gasteiger partial charge is 0.461 e. The maximum Gasteiger partial charge on any atom is 0.360 e. The van der Waals surface area contributed by atoms with Gasteiger partial charge >= 0.3 is 5.97 Å². The topological polar surface area (TPSA) is 85.2 Å². The average molecular weight is 326 g/mol. The first-order chi connectivity index (χ1) is 11.6. The molecule has 6 nitrogen and oxygen atoms in total. The third kappa shape index (κ3) is 2.95. The molecule has 1 N–H and O–H groups in total. The van der Waals surface area contributed by atoms with E-state index in [1.165, 1.54) is 11.6 Å². The smallest absolute Gasteiger partial charge is 0.360 e. The molecule has 0 amide bonds. The van der Waals surface area contributed by atoms with Crippen LogP contribution in [0.3, 0.4) is 0 Å². The predicted octanol–water partition coefficient (Wildman–Crippen LogP) is 3.31. The zero-order valence-corrected chi connectivity index (χ0v) is 13.6. The zero-order valence-electron chi connectivity index (χ0n) is 13.6. The molecule has 0 saturated carbocycles. The number of carbonyl (C=O) groups excluding carboxylic acids is 1. The number of hydrogen-bond acceptors (Lipinski definition) is 5. The van der Waals surface area contributed by atoms with Gasteiger partial charge in [0.25, 0.3) is 0 Å². The van der Waals surface area contributed by atoms with Crippen molar-refractivity contribution in [2.45, 2.75) is 26.7 Å². The SMILES string of the molecule is CCCc1ccc(-c2cc(=O)c3n[nH]c(C(=O)OCC)c3o2)cc1. The minimum absolute atomic E-state index is 0.0494. The van der Waals surface area contributed by atoms with Crippen LogP contribution in [0.2, 0.25) is 0 Å². The molecule has 3 rings (SSSR count). The Morgan fingerprint density at radius 1 is 1.25 bits per heavy atom. The molecule has 0 spiro atoms. The molecule has 0 aliphatic rings. The second-order valence-corrected chi connectivity index (χ2v) is 5.42. The number of benzene rings is 1. The van der Waals surface area contributed by atoms with Crippen LogP contribution in [-0.2, 0) is 11.2 Å². The molecule has 0 saturated heterocycles. The molecule has 124 valence electrons. The Kier molecular flexibility index (Phi) is 4.46. The summed E-state index contributed by atoms with van der Waals surface area (Å²) in [5.74, 6) is -0.207. The second-order valence-electron chi connectivity index (χ2n) is 5.42. The van der Waals surface area contributed by atoms with Crippen molar-refractivity contribution in [2.24, 2.45) is 0 Å². The molecule has 0 fully saturated rings. The van der Waals surface area contributed by atoms with E-state index in [1.807, 2.05) is 24.3 Å². The Bertz CT molecular complexity index is 922. The molecular formula is C18H18N2O4. The van der Waals surface area contributed by atoms with Crippen molar-refractivity contribution in [3.05, 3.63) is 51.8 Å². The Balaban J connectivity index is 2.07. The van der Waals surface area contributed by atoms with Crippen molar-refractivity contribution in [3.63, 3.8) is 0 Å². The molecule has 0 bridgehead atoms. The fourth-order valence-electron chi connectivity index (χ4n) is 2.53. The molecule has 2 aromatic heterocycles. The van der Waals surface area contributed by atoms with Gasteiger partial charge in [0.15, 0.2) is 16.8 Å². The van der Waals surface area contributed by atoms with Crippen LogP contribution in [0, 0.1) is 0 Å². The van der Waals surface area contributed by atoms with Gasteiger partial charge in [-0.3, -0.25) is 9.89 Å². The molecule has 3 aromatic rings. The van der Waals surface area contributed by atoms with Gasteiger partial charge < -0.3 is 9.15 Å². The van der Waals surface area contributed by atoms with E-state index in [9.17, 15) is 9.59 Å². The number of nitrogens with zero attached hydrogens (tertiary/aromatic N) is 1. The van der Waals surface area contributed by atoms with Crippen LogP contribution < -0.4 is 5.43 Å². The number of nitrogens with one attached hydrogen (secondary N) is 1. The molecule has 1 aromatic carbocycles. The minimum atomic E-state index is -0.599. The third-order valence-electron chi connectivity index (χ3n) is 3.69. The van der Waals surface area contributed by atoms with Gasteiger partial charge in [0.1, 0.15) is 5.76 Å². The van der Waals surface area contributed by atoms with Gasteiger partial charge in [0.2, 0.25) is 5.43 Å². The molecule has 0 aliphatic carbocycles. The number of rotatable bonds is 5. The number of aryl methyl sites for hydroxylation is 1. The summed E-state index contributed by atoms with van der Waals surface area (Å²) < 4.78 is 10.7. The van der Waals surface area contributed by atoms with E-state index < -0.39 is 5.97 Å². The lowest BCUT2D eigenvalue weighted by molar-refractivity contribution is 0.0520. The van der Waals surface area contributed by atoms with Crippen LogP contribution >= 0.6 is 0 Å². The van der Waals surface area contributed by atoms with Crippen LogP contribution in [0.5, 0.6) is 0 Å². The second kappa shape index (κ2) is 6.70. The Hall–Kier alpha value is -2.89. The monoisotopic (exact) mass is 326 g/mol. The molecule has 0 radical (unpaired) electrons. The molecule has 6 heteroatoms. The number of carbonyl (C=O) groups is 1. The van der Waals surface area contributed by atoms with Crippen LogP contribution in [-0.4, -0.2) is 22.8 Å². The van der Waals surface area contributed by atoms with Crippen LogP contribution in [0.4, 0.5) is 0 Å². The minimum Gasteiger partial charge on any atom is -0.461 e. The number of fused-ring (bicyclic) bond motifs is 1. The van der Waals surface area contributed by atoms with E-state index in [4.69, 9.17) is 9.15 Å². The highest BCUT2D eigenvalue weighted by Gasteiger charge is 2.20. The summed E-state index contributed by atoms with van der Waals surface area (Å²) in [5, 5.41) is 6.39. The highest BCUT2D eigenvalue weighted by atomic mass is 16.5. The Morgan fingerprint density at radius 3 is 2.67 bits per heavy atom. The maximum absolute atomic E-state index is 12.2. The first kappa shape index (κ1) is 16.0. The maximum atomic E-state index is 12.2. The van der Waals surface area contributed by atoms with Crippen molar-refractivity contribution >= 4 is 17.1 Å². The summed E-state index contributed by atoms with van der Waals surface area (Å²) in [4.78, 5) is 24.2. The number of aromatic amines is 1. The summed E-state index contributed by atoms with van der Waals surface area (Å²) in [6.07, 6.45) is 2.07. The standard InChI is InChI=1S/C18H18N2O4/c1-3-5-11-6-8-12(9-7-11)14-10-13(21)15-17(24-14)16(20-19-15)18(22)23-4-2/h6-10H,3-5H2,1-2H3,(H,19,20). The highest BCUT2D eigenvalue weighted by molar-refractivity contribution is 5.99. The van der Waals surface area contributed by atoms with Gasteiger partial charge in [-0.15, -0.1) is 0 Å². The van der Waals surface area contributed by atoms with Gasteiger partial charge in [-0.25, -0.2) is 4.79 Å². The van der Waals surface area contributed by atoms with Gasteiger partial charge in [-0.2, -0.15) is 5.10 Å². The summed E-state index contributed by atoms with van der Waals surface area (Å²) >= 11 is 0. The van der Waals surface area contributed by atoms with Crippen molar-refractivity contribution in [1.82, 2.24) is 10.2 Å². The normalized spacial score (nSPS) is 10.9. The van der Waals surface area contributed by atoms with Crippen molar-refractivity contribution in [3.8, 4) is 11.3 Å². The van der Waals surface area contributed by atoms with E-state index in [-0.39, 0.29) is 28.8 Å². The van der Waals surface area contributed by atoms with Crippen molar-refractivity contribution in [2.75, 3.05) is 6.61 Å². The lowest BCUT2D eigenvalue weighted by Gasteiger charge is -2.04. The van der Waals surface area contributed by atoms with Gasteiger partial charge in [-0.1, -0.05) is 37.6 Å². The Labute approximate surface area is 138 Å². The molecule has 0 atom stereocenters. The molecule has 0 aliphatic heterocycles. The number of aromatic nitrogens is 2. The van der Waals surface area contributed by atoms with Crippen molar-refractivity contribution in [1.29, 1.82) is 0 Å². The average Bonchev–Trinajstić information content (AvgIpc) is 3.01. The summed E-state index contributed by atoms with van der Waals surface area (Å²) in [7, 11) is 0. The molecular weight excluding hydrogens is 308 g/mol. The summed E-state index contributed by atoms with van der Waals surface area (Å²) in [6.45, 7) is 4.05. The van der Waals surface area contributed by atoms with E-state index in [2.05, 4.69) is 17.1 Å². The zero-order chi connectivity index (χ0) is 17.1. The first-order valence-electron chi connectivity index (χ1n) is 7.92. The number of ether oxygens (including phenoxy) is 1. The van der Waals surface area contributed by atoms with Crippen LogP contribution in [0.1, 0.15) is 36.3 Å². The fourth-order valence-corrected chi connectivity index (χ4v) is 2.53. The lowest BCUT2D eigenvalue weighted by Crippen LogP contribution is -2.06.